The smallest absolute Gasteiger partial charge is 0.341 e. The number of rotatable bonds is 7. The molecule has 2 rings (SSSR count). The highest BCUT2D eigenvalue weighted by atomic mass is 32.1. The Morgan fingerprint density at radius 2 is 1.96 bits per heavy atom. The number of aryl methyl sites for hydroxylation is 2. The number of nitrogens with one attached hydrogen (secondary N) is 1. The topological polar surface area (TPSA) is 75.6 Å². The average Bonchev–Trinajstić information content (AvgIpc) is 2.89. The van der Waals surface area contributed by atoms with E-state index < -0.39 is 5.97 Å². The number of hydrogen-bond acceptors (Lipinski definition) is 5. The van der Waals surface area contributed by atoms with Gasteiger partial charge in [-0.05, 0) is 43.9 Å². The van der Waals surface area contributed by atoms with Crippen LogP contribution in [-0.4, -0.2) is 23.6 Å². The molecular weight excluding hydrogens is 338 g/mol. The first-order valence-corrected chi connectivity index (χ1v) is 9.15. The molecule has 0 aliphatic carbocycles. The number of amides is 1. The molecular formula is C19H23NO4S. The summed E-state index contributed by atoms with van der Waals surface area (Å²) in [5, 5.41) is 13.1. The van der Waals surface area contributed by atoms with Crippen molar-refractivity contribution >= 4 is 28.2 Å². The summed E-state index contributed by atoms with van der Waals surface area (Å²) in [7, 11) is 0. The van der Waals surface area contributed by atoms with Crippen molar-refractivity contribution in [2.24, 2.45) is 0 Å². The molecule has 0 aliphatic heterocycles. The number of esters is 1. The van der Waals surface area contributed by atoms with Crippen LogP contribution in [0.1, 0.15) is 46.6 Å². The molecule has 1 amide bonds. The highest BCUT2D eigenvalue weighted by Gasteiger charge is 2.23. The summed E-state index contributed by atoms with van der Waals surface area (Å²) in [6.07, 6.45) is 1.35. The normalized spacial score (nSPS) is 10.5. The Kier molecular flexibility index (Phi) is 6.58. The van der Waals surface area contributed by atoms with Gasteiger partial charge < -0.3 is 15.2 Å². The van der Waals surface area contributed by atoms with E-state index in [0.29, 0.717) is 23.4 Å². The summed E-state index contributed by atoms with van der Waals surface area (Å²) in [6.45, 7) is 5.95. The van der Waals surface area contributed by atoms with Crippen LogP contribution in [0, 0.1) is 6.92 Å². The average molecular weight is 361 g/mol. The fourth-order valence-electron chi connectivity index (χ4n) is 2.67. The second-order valence-corrected chi connectivity index (χ2v) is 6.82. The fraction of sp³-hybridized carbons (Fsp3) is 0.368. The molecule has 0 spiro atoms. The van der Waals surface area contributed by atoms with Gasteiger partial charge in [0.1, 0.15) is 10.8 Å². The molecule has 0 bridgehead atoms. The number of hydrogen-bond donors (Lipinski definition) is 2. The van der Waals surface area contributed by atoms with Crippen LogP contribution in [0.25, 0.3) is 0 Å². The van der Waals surface area contributed by atoms with Crippen molar-refractivity contribution < 1.29 is 19.4 Å². The van der Waals surface area contributed by atoms with Crippen molar-refractivity contribution in [1.82, 2.24) is 0 Å². The fourth-order valence-corrected chi connectivity index (χ4v) is 3.82. The van der Waals surface area contributed by atoms with Gasteiger partial charge in [0.05, 0.1) is 12.2 Å². The van der Waals surface area contributed by atoms with E-state index in [1.807, 2.05) is 19.9 Å². The minimum atomic E-state index is -0.403. The van der Waals surface area contributed by atoms with E-state index in [-0.39, 0.29) is 24.7 Å². The maximum atomic E-state index is 12.3. The highest BCUT2D eigenvalue weighted by Crippen LogP contribution is 2.34. The van der Waals surface area contributed by atoms with E-state index in [4.69, 9.17) is 4.74 Å². The van der Waals surface area contributed by atoms with E-state index in [0.717, 1.165) is 16.0 Å². The first-order valence-electron chi connectivity index (χ1n) is 8.34. The molecule has 1 heterocycles. The van der Waals surface area contributed by atoms with Crippen LogP contribution in [-0.2, 0) is 22.4 Å². The number of aromatic hydroxyl groups is 1. The molecule has 134 valence electrons. The zero-order chi connectivity index (χ0) is 18.4. The van der Waals surface area contributed by atoms with Crippen LogP contribution in [0.5, 0.6) is 5.75 Å². The molecule has 0 radical (unpaired) electrons. The van der Waals surface area contributed by atoms with Crippen molar-refractivity contribution in [3.05, 3.63) is 45.8 Å². The van der Waals surface area contributed by atoms with Crippen molar-refractivity contribution in [2.45, 2.75) is 40.0 Å². The lowest BCUT2D eigenvalue weighted by Gasteiger charge is -2.08. The minimum Gasteiger partial charge on any atom is -0.508 e. The summed E-state index contributed by atoms with van der Waals surface area (Å²) >= 11 is 1.39. The number of anilines is 1. The first kappa shape index (κ1) is 19.0. The van der Waals surface area contributed by atoms with Crippen LogP contribution in [0.2, 0.25) is 0 Å². The Balaban J connectivity index is 2.12. The number of carbonyl (C=O) groups excluding carboxylic acids is 2. The third kappa shape index (κ3) is 4.60. The standard InChI is InChI=1S/C19H23NO4S/c1-4-14-12(3)25-18(17(14)19(23)24-5-2)20-16(22)11-10-13-8-6-7-9-15(13)21/h6-9,21H,4-5,10-11H2,1-3H3,(H,20,22). The van der Waals surface area contributed by atoms with Crippen LogP contribution in [0.3, 0.4) is 0 Å². The predicted molar refractivity (Wildman–Crippen MR) is 99.4 cm³/mol. The van der Waals surface area contributed by atoms with Crippen LogP contribution in [0.15, 0.2) is 24.3 Å². The molecule has 2 aromatic rings. The largest absolute Gasteiger partial charge is 0.508 e. The lowest BCUT2D eigenvalue weighted by molar-refractivity contribution is -0.116. The lowest BCUT2D eigenvalue weighted by Crippen LogP contribution is -2.15. The predicted octanol–water partition coefficient (Wildman–Crippen LogP) is 4.07. The third-order valence-electron chi connectivity index (χ3n) is 3.91. The van der Waals surface area contributed by atoms with Crippen LogP contribution in [0.4, 0.5) is 5.00 Å². The van der Waals surface area contributed by atoms with Gasteiger partial charge in [-0.15, -0.1) is 11.3 Å². The summed E-state index contributed by atoms with van der Waals surface area (Å²) in [4.78, 5) is 25.6. The second-order valence-electron chi connectivity index (χ2n) is 5.59. The number of ether oxygens (including phenoxy) is 1. The zero-order valence-electron chi connectivity index (χ0n) is 14.7. The number of para-hydroxylation sites is 1. The molecule has 5 nitrogen and oxygen atoms in total. The van der Waals surface area contributed by atoms with Gasteiger partial charge in [-0.1, -0.05) is 25.1 Å². The van der Waals surface area contributed by atoms with E-state index in [2.05, 4.69) is 5.32 Å². The minimum absolute atomic E-state index is 0.183. The molecule has 0 aliphatic rings. The lowest BCUT2D eigenvalue weighted by atomic mass is 10.1. The molecule has 0 unspecified atom stereocenters. The molecule has 1 aromatic heterocycles. The van der Waals surface area contributed by atoms with Gasteiger partial charge in [0.25, 0.3) is 0 Å². The van der Waals surface area contributed by atoms with E-state index >= 15 is 0 Å². The molecule has 0 saturated carbocycles. The number of benzene rings is 1. The van der Waals surface area contributed by atoms with Crippen molar-refractivity contribution in [3.63, 3.8) is 0 Å². The molecule has 6 heteroatoms. The molecule has 2 N–H and O–H groups in total. The van der Waals surface area contributed by atoms with Crippen molar-refractivity contribution in [1.29, 1.82) is 0 Å². The van der Waals surface area contributed by atoms with Crippen molar-refractivity contribution in [3.8, 4) is 5.75 Å². The van der Waals surface area contributed by atoms with Gasteiger partial charge in [0, 0.05) is 11.3 Å². The maximum Gasteiger partial charge on any atom is 0.341 e. The number of phenolic OH excluding ortho intramolecular Hbond substituents is 1. The summed E-state index contributed by atoms with van der Waals surface area (Å²) < 4.78 is 5.13. The molecule has 0 saturated heterocycles. The zero-order valence-corrected chi connectivity index (χ0v) is 15.5. The highest BCUT2D eigenvalue weighted by molar-refractivity contribution is 7.16. The van der Waals surface area contributed by atoms with Crippen molar-refractivity contribution in [2.75, 3.05) is 11.9 Å². The van der Waals surface area contributed by atoms with E-state index in [9.17, 15) is 14.7 Å². The number of carbonyl (C=O) groups is 2. The molecule has 0 fully saturated rings. The van der Waals surface area contributed by atoms with Gasteiger partial charge >= 0.3 is 5.97 Å². The van der Waals surface area contributed by atoms with E-state index in [1.165, 1.54) is 11.3 Å². The monoisotopic (exact) mass is 361 g/mol. The van der Waals surface area contributed by atoms with Gasteiger partial charge in [-0.3, -0.25) is 4.79 Å². The first-order chi connectivity index (χ1) is 12.0. The maximum absolute atomic E-state index is 12.3. The van der Waals surface area contributed by atoms with Gasteiger partial charge in [-0.2, -0.15) is 0 Å². The Morgan fingerprint density at radius 3 is 2.60 bits per heavy atom. The Hall–Kier alpha value is -2.34. The summed E-state index contributed by atoms with van der Waals surface area (Å²) in [5.74, 6) is -0.417. The quantitative estimate of drug-likeness (QED) is 0.729. The number of thiophene rings is 1. The summed E-state index contributed by atoms with van der Waals surface area (Å²) in [5.41, 5.74) is 2.10. The van der Waals surface area contributed by atoms with Crippen LogP contribution < -0.4 is 5.32 Å². The van der Waals surface area contributed by atoms with Gasteiger partial charge in [0.15, 0.2) is 0 Å². The number of phenols is 1. The Labute approximate surface area is 151 Å². The van der Waals surface area contributed by atoms with Gasteiger partial charge in [0.2, 0.25) is 5.91 Å². The van der Waals surface area contributed by atoms with Crippen LogP contribution >= 0.6 is 11.3 Å². The molecule has 25 heavy (non-hydrogen) atoms. The van der Waals surface area contributed by atoms with E-state index in [1.54, 1.807) is 25.1 Å². The second kappa shape index (κ2) is 8.67. The summed E-state index contributed by atoms with van der Waals surface area (Å²) in [6, 6.07) is 6.95. The SMILES string of the molecule is CCOC(=O)c1c(NC(=O)CCc2ccccc2O)sc(C)c1CC. The molecule has 0 atom stereocenters. The third-order valence-corrected chi connectivity index (χ3v) is 4.97. The Bertz CT molecular complexity index is 767. The Morgan fingerprint density at radius 1 is 1.24 bits per heavy atom. The molecule has 1 aromatic carbocycles. The van der Waals surface area contributed by atoms with Gasteiger partial charge in [-0.25, -0.2) is 4.79 Å².